The molecule has 0 unspecified atom stereocenters. The van der Waals surface area contributed by atoms with Gasteiger partial charge < -0.3 is 10.2 Å². The highest BCUT2D eigenvalue weighted by Gasteiger charge is 2.25. The van der Waals surface area contributed by atoms with Crippen LogP contribution in [0.25, 0.3) is 17.1 Å². The Labute approximate surface area is 144 Å². The van der Waals surface area contributed by atoms with Gasteiger partial charge in [0.1, 0.15) is 5.82 Å². The monoisotopic (exact) mass is 334 g/mol. The minimum atomic E-state index is 0.645. The lowest BCUT2D eigenvalue weighted by molar-refractivity contribution is 0.434. The number of hydrogen-bond acceptors (Lipinski definition) is 7. The SMILES string of the molecule is CC1CCN(c2ncc3c(n2)Nc2ccccc2-n2nnnc2-3)CC1. The first-order valence-corrected chi connectivity index (χ1v) is 8.57. The minimum absolute atomic E-state index is 0.645. The zero-order chi connectivity index (χ0) is 16.8. The molecule has 2 aliphatic heterocycles. The molecule has 0 amide bonds. The smallest absolute Gasteiger partial charge is 0.227 e. The molecule has 2 aliphatic rings. The van der Waals surface area contributed by atoms with Crippen molar-refractivity contribution in [2.45, 2.75) is 19.8 Å². The maximum absolute atomic E-state index is 4.79. The summed E-state index contributed by atoms with van der Waals surface area (Å²) in [6.45, 7) is 4.29. The van der Waals surface area contributed by atoms with E-state index >= 15 is 0 Å². The summed E-state index contributed by atoms with van der Waals surface area (Å²) in [7, 11) is 0. The van der Waals surface area contributed by atoms with Crippen molar-refractivity contribution in [1.29, 1.82) is 0 Å². The number of rotatable bonds is 1. The summed E-state index contributed by atoms with van der Waals surface area (Å²) in [5.41, 5.74) is 2.62. The van der Waals surface area contributed by atoms with Crippen LogP contribution in [0.15, 0.2) is 30.5 Å². The number of hydrogen-bond donors (Lipinski definition) is 1. The summed E-state index contributed by atoms with van der Waals surface area (Å²) in [5.74, 6) is 2.92. The predicted octanol–water partition coefficient (Wildman–Crippen LogP) is 2.41. The molecule has 2 aromatic heterocycles. The van der Waals surface area contributed by atoms with E-state index in [1.54, 1.807) is 4.68 Å². The van der Waals surface area contributed by atoms with E-state index in [1.165, 1.54) is 12.8 Å². The van der Waals surface area contributed by atoms with Gasteiger partial charge in [0.2, 0.25) is 5.95 Å². The number of tetrazole rings is 1. The second kappa shape index (κ2) is 5.51. The van der Waals surface area contributed by atoms with E-state index in [0.29, 0.717) is 5.82 Å². The molecule has 1 aromatic carbocycles. The highest BCUT2D eigenvalue weighted by Crippen LogP contribution is 2.35. The standard InChI is InChI=1S/C17H18N8/c1-11-6-8-24(9-7-11)17-18-10-12-15(20-17)19-13-4-2-3-5-14(13)25-16(12)21-22-23-25/h2-5,10-11H,6-9H2,1H3,(H,18,19,20). The molecule has 0 spiro atoms. The lowest BCUT2D eigenvalue weighted by Crippen LogP contribution is -2.34. The van der Waals surface area contributed by atoms with Gasteiger partial charge in [-0.05, 0) is 41.3 Å². The molecule has 0 radical (unpaired) electrons. The van der Waals surface area contributed by atoms with Gasteiger partial charge in [-0.2, -0.15) is 9.67 Å². The fourth-order valence-corrected chi connectivity index (χ4v) is 3.40. The summed E-state index contributed by atoms with van der Waals surface area (Å²) >= 11 is 0. The number of nitrogens with zero attached hydrogens (tertiary/aromatic N) is 7. The Morgan fingerprint density at radius 2 is 2.00 bits per heavy atom. The Hall–Kier alpha value is -3.03. The average Bonchev–Trinajstić information content (AvgIpc) is 3.07. The number of anilines is 3. The summed E-state index contributed by atoms with van der Waals surface area (Å²) in [6.07, 6.45) is 4.17. The van der Waals surface area contributed by atoms with Crippen molar-refractivity contribution in [2.75, 3.05) is 23.3 Å². The first-order valence-electron chi connectivity index (χ1n) is 8.57. The third-order valence-corrected chi connectivity index (χ3v) is 4.94. The Kier molecular flexibility index (Phi) is 3.16. The zero-order valence-electron chi connectivity index (χ0n) is 13.9. The van der Waals surface area contributed by atoms with Crippen molar-refractivity contribution in [3.8, 4) is 17.1 Å². The van der Waals surface area contributed by atoms with Crippen LogP contribution >= 0.6 is 0 Å². The first-order chi connectivity index (χ1) is 12.3. The number of para-hydroxylation sites is 2. The molecular weight excluding hydrogens is 316 g/mol. The third-order valence-electron chi connectivity index (χ3n) is 4.94. The van der Waals surface area contributed by atoms with E-state index < -0.39 is 0 Å². The lowest BCUT2D eigenvalue weighted by Gasteiger charge is -2.30. The molecule has 0 bridgehead atoms. The van der Waals surface area contributed by atoms with Crippen molar-refractivity contribution in [3.63, 3.8) is 0 Å². The molecule has 5 rings (SSSR count). The fraction of sp³-hybridized carbons (Fsp3) is 0.353. The molecule has 126 valence electrons. The van der Waals surface area contributed by atoms with E-state index in [9.17, 15) is 0 Å². The van der Waals surface area contributed by atoms with Gasteiger partial charge in [0, 0.05) is 19.3 Å². The normalized spacial score (nSPS) is 16.4. The van der Waals surface area contributed by atoms with Crippen molar-refractivity contribution in [3.05, 3.63) is 30.5 Å². The molecule has 3 aromatic rings. The molecule has 1 N–H and O–H groups in total. The van der Waals surface area contributed by atoms with Crippen LogP contribution in [-0.2, 0) is 0 Å². The highest BCUT2D eigenvalue weighted by molar-refractivity contribution is 5.81. The van der Waals surface area contributed by atoms with Crippen molar-refractivity contribution in [1.82, 2.24) is 30.2 Å². The van der Waals surface area contributed by atoms with Crippen LogP contribution in [0, 0.1) is 5.92 Å². The van der Waals surface area contributed by atoms with Crippen molar-refractivity contribution < 1.29 is 0 Å². The average molecular weight is 334 g/mol. The van der Waals surface area contributed by atoms with Gasteiger partial charge >= 0.3 is 0 Å². The van der Waals surface area contributed by atoms with Crippen molar-refractivity contribution in [2.24, 2.45) is 5.92 Å². The van der Waals surface area contributed by atoms with Gasteiger partial charge in [0.25, 0.3) is 0 Å². The summed E-state index contributed by atoms with van der Waals surface area (Å²) in [4.78, 5) is 11.6. The zero-order valence-corrected chi connectivity index (χ0v) is 13.9. The molecule has 8 heteroatoms. The minimum Gasteiger partial charge on any atom is -0.341 e. The van der Waals surface area contributed by atoms with Crippen LogP contribution in [0.3, 0.4) is 0 Å². The molecule has 0 atom stereocenters. The van der Waals surface area contributed by atoms with Gasteiger partial charge in [0.15, 0.2) is 5.82 Å². The largest absolute Gasteiger partial charge is 0.341 e. The number of fused-ring (bicyclic) bond motifs is 5. The quantitative estimate of drug-likeness (QED) is 0.572. The summed E-state index contributed by atoms with van der Waals surface area (Å²) in [6, 6.07) is 7.93. The van der Waals surface area contributed by atoms with Crippen LogP contribution in [0.5, 0.6) is 0 Å². The number of benzene rings is 1. The second-order valence-corrected chi connectivity index (χ2v) is 6.66. The van der Waals surface area contributed by atoms with E-state index in [-0.39, 0.29) is 0 Å². The molecule has 1 fully saturated rings. The Bertz CT molecular complexity index is 926. The van der Waals surface area contributed by atoms with E-state index in [1.807, 2.05) is 30.5 Å². The number of piperidine rings is 1. The maximum atomic E-state index is 4.79. The third kappa shape index (κ3) is 2.33. The van der Waals surface area contributed by atoms with Gasteiger partial charge in [0.05, 0.1) is 16.9 Å². The summed E-state index contributed by atoms with van der Waals surface area (Å²) < 4.78 is 1.72. The van der Waals surface area contributed by atoms with Crippen LogP contribution in [0.2, 0.25) is 0 Å². The second-order valence-electron chi connectivity index (χ2n) is 6.66. The van der Waals surface area contributed by atoms with Gasteiger partial charge in [-0.15, -0.1) is 5.10 Å². The Morgan fingerprint density at radius 1 is 1.16 bits per heavy atom. The van der Waals surface area contributed by atoms with Crippen LogP contribution < -0.4 is 10.2 Å². The predicted molar refractivity (Wildman–Crippen MR) is 94.1 cm³/mol. The Morgan fingerprint density at radius 3 is 2.88 bits per heavy atom. The van der Waals surface area contributed by atoms with E-state index in [2.05, 4.69) is 37.6 Å². The first kappa shape index (κ1) is 14.3. The lowest BCUT2D eigenvalue weighted by atomic mass is 10.00. The van der Waals surface area contributed by atoms with Gasteiger partial charge in [-0.25, -0.2) is 4.98 Å². The molecule has 25 heavy (non-hydrogen) atoms. The van der Waals surface area contributed by atoms with Crippen LogP contribution in [0.4, 0.5) is 17.5 Å². The van der Waals surface area contributed by atoms with Crippen LogP contribution in [-0.4, -0.2) is 43.3 Å². The van der Waals surface area contributed by atoms with Gasteiger partial charge in [-0.1, -0.05) is 19.1 Å². The topological polar surface area (TPSA) is 84.7 Å². The van der Waals surface area contributed by atoms with Crippen molar-refractivity contribution >= 4 is 17.5 Å². The summed E-state index contributed by atoms with van der Waals surface area (Å²) in [5, 5.41) is 15.6. The van der Waals surface area contributed by atoms with Gasteiger partial charge in [-0.3, -0.25) is 0 Å². The number of nitrogens with one attached hydrogen (secondary N) is 1. The Balaban J connectivity index is 1.61. The molecule has 8 nitrogen and oxygen atoms in total. The highest BCUT2D eigenvalue weighted by atomic mass is 15.5. The molecule has 1 saturated heterocycles. The maximum Gasteiger partial charge on any atom is 0.227 e. The number of aromatic nitrogens is 6. The van der Waals surface area contributed by atoms with E-state index in [0.717, 1.165) is 47.7 Å². The van der Waals surface area contributed by atoms with Crippen LogP contribution in [0.1, 0.15) is 19.8 Å². The molecule has 0 aliphatic carbocycles. The van der Waals surface area contributed by atoms with E-state index in [4.69, 9.17) is 4.98 Å². The fourth-order valence-electron chi connectivity index (χ4n) is 3.40. The molecular formula is C17H18N8. The molecule has 0 saturated carbocycles. The molecule has 4 heterocycles.